The molecule has 0 atom stereocenters. The summed E-state index contributed by atoms with van der Waals surface area (Å²) in [7, 11) is -2.15. The lowest BCUT2D eigenvalue weighted by Crippen LogP contribution is -2.49. The molecule has 2 aromatic carbocycles. The van der Waals surface area contributed by atoms with Crippen molar-refractivity contribution in [1.82, 2.24) is 14.5 Å². The largest absolute Gasteiger partial charge is 0.495 e. The average Bonchev–Trinajstić information content (AvgIpc) is 2.81. The number of hydrogen-bond acceptors (Lipinski definition) is 6. The first-order valence-corrected chi connectivity index (χ1v) is 12.1. The molecule has 2 heterocycles. The van der Waals surface area contributed by atoms with Gasteiger partial charge in [0.15, 0.2) is 5.82 Å². The van der Waals surface area contributed by atoms with Crippen LogP contribution in [0, 0.1) is 20.8 Å². The molecule has 3 aromatic rings. The van der Waals surface area contributed by atoms with Gasteiger partial charge >= 0.3 is 0 Å². The molecule has 0 amide bonds. The Hall–Kier alpha value is -2.97. The van der Waals surface area contributed by atoms with Crippen molar-refractivity contribution in [3.63, 3.8) is 0 Å². The zero-order valence-electron chi connectivity index (χ0n) is 18.9. The predicted octanol–water partition coefficient (Wildman–Crippen LogP) is 3.59. The molecule has 1 saturated heterocycles. The van der Waals surface area contributed by atoms with E-state index in [1.54, 1.807) is 12.1 Å². The number of methoxy groups -OCH3 is 1. The number of aryl methyl sites for hydroxylation is 3. The minimum absolute atomic E-state index is 0.221. The van der Waals surface area contributed by atoms with Crippen LogP contribution in [0.15, 0.2) is 53.4 Å². The summed E-state index contributed by atoms with van der Waals surface area (Å²) in [6.45, 7) is 7.74. The van der Waals surface area contributed by atoms with Crippen LogP contribution in [0.1, 0.15) is 16.7 Å². The molecule has 0 N–H and O–H groups in total. The maximum Gasteiger partial charge on any atom is 0.246 e. The Bertz CT molecular complexity index is 1220. The van der Waals surface area contributed by atoms with Gasteiger partial charge in [0.1, 0.15) is 10.6 Å². The van der Waals surface area contributed by atoms with Gasteiger partial charge in [-0.15, -0.1) is 10.2 Å². The van der Waals surface area contributed by atoms with Gasteiger partial charge < -0.3 is 9.64 Å². The van der Waals surface area contributed by atoms with Gasteiger partial charge in [0.25, 0.3) is 0 Å². The van der Waals surface area contributed by atoms with Crippen LogP contribution in [-0.4, -0.2) is 56.2 Å². The predicted molar refractivity (Wildman–Crippen MR) is 126 cm³/mol. The van der Waals surface area contributed by atoms with Crippen LogP contribution in [-0.2, 0) is 10.0 Å². The zero-order valence-corrected chi connectivity index (χ0v) is 19.7. The fourth-order valence-corrected chi connectivity index (χ4v) is 5.56. The molecule has 8 heteroatoms. The maximum absolute atomic E-state index is 13.3. The second-order valence-corrected chi connectivity index (χ2v) is 9.98. The molecule has 1 fully saturated rings. The molecular formula is C24H28N4O3S. The summed E-state index contributed by atoms with van der Waals surface area (Å²) in [6, 6.07) is 15.5. The molecule has 0 bridgehead atoms. The minimum atomic E-state index is -3.65. The molecule has 0 aliphatic carbocycles. The molecule has 1 aliphatic heterocycles. The first kappa shape index (κ1) is 22.2. The van der Waals surface area contributed by atoms with Crippen molar-refractivity contribution in [2.24, 2.45) is 0 Å². The molecule has 0 spiro atoms. The van der Waals surface area contributed by atoms with E-state index < -0.39 is 10.0 Å². The molecule has 1 aliphatic rings. The van der Waals surface area contributed by atoms with Crippen molar-refractivity contribution >= 4 is 15.8 Å². The van der Waals surface area contributed by atoms with E-state index in [1.807, 2.05) is 44.2 Å². The van der Waals surface area contributed by atoms with Crippen LogP contribution in [0.2, 0.25) is 0 Å². The fourth-order valence-electron chi connectivity index (χ4n) is 3.92. The van der Waals surface area contributed by atoms with Gasteiger partial charge in [-0.3, -0.25) is 0 Å². The molecule has 1 aromatic heterocycles. The van der Waals surface area contributed by atoms with Crippen molar-refractivity contribution in [1.29, 1.82) is 0 Å². The quantitative estimate of drug-likeness (QED) is 0.589. The van der Waals surface area contributed by atoms with Gasteiger partial charge in [0.05, 0.1) is 12.8 Å². The number of piperazine rings is 1. The molecule has 0 radical (unpaired) electrons. The third-order valence-corrected chi connectivity index (χ3v) is 7.95. The topological polar surface area (TPSA) is 75.6 Å². The number of hydrogen-bond donors (Lipinski definition) is 0. The van der Waals surface area contributed by atoms with E-state index in [0.717, 1.165) is 33.8 Å². The summed E-state index contributed by atoms with van der Waals surface area (Å²) in [5.41, 5.74) is 4.96. The van der Waals surface area contributed by atoms with E-state index in [9.17, 15) is 8.42 Å². The van der Waals surface area contributed by atoms with E-state index in [4.69, 9.17) is 4.74 Å². The smallest absolute Gasteiger partial charge is 0.246 e. The SMILES string of the molecule is COc1cc(C)c(C)cc1S(=O)(=O)N1CCN(c2ccc(-c3ccccc3C)nn2)CC1. The molecular weight excluding hydrogens is 424 g/mol. The third-order valence-electron chi connectivity index (χ3n) is 6.03. The molecule has 4 rings (SSSR count). The number of aromatic nitrogens is 2. The fraction of sp³-hybridized carbons (Fsp3) is 0.333. The van der Waals surface area contributed by atoms with Crippen molar-refractivity contribution < 1.29 is 13.2 Å². The van der Waals surface area contributed by atoms with E-state index in [0.29, 0.717) is 31.9 Å². The number of ether oxygens (including phenoxy) is 1. The molecule has 0 unspecified atom stereocenters. The first-order chi connectivity index (χ1) is 15.3. The lowest BCUT2D eigenvalue weighted by Gasteiger charge is -2.34. The summed E-state index contributed by atoms with van der Waals surface area (Å²) < 4.78 is 33.5. The highest BCUT2D eigenvalue weighted by Gasteiger charge is 2.31. The lowest BCUT2D eigenvalue weighted by molar-refractivity contribution is 0.373. The van der Waals surface area contributed by atoms with Gasteiger partial charge in [0, 0.05) is 31.7 Å². The Balaban J connectivity index is 1.49. The highest BCUT2D eigenvalue weighted by Crippen LogP contribution is 2.31. The first-order valence-electron chi connectivity index (χ1n) is 10.6. The molecule has 168 valence electrons. The second-order valence-electron chi connectivity index (χ2n) is 8.07. The third kappa shape index (κ3) is 4.20. The normalized spacial score (nSPS) is 15.1. The van der Waals surface area contributed by atoms with E-state index in [-0.39, 0.29) is 4.90 Å². The van der Waals surface area contributed by atoms with Crippen molar-refractivity contribution in [3.8, 4) is 17.0 Å². The van der Waals surface area contributed by atoms with Gasteiger partial charge in [-0.25, -0.2) is 8.42 Å². The lowest BCUT2D eigenvalue weighted by atomic mass is 10.1. The number of sulfonamides is 1. The Labute approximate surface area is 189 Å². The number of benzene rings is 2. The van der Waals surface area contributed by atoms with Crippen LogP contribution >= 0.6 is 0 Å². The monoisotopic (exact) mass is 452 g/mol. The number of rotatable bonds is 5. The number of anilines is 1. The Morgan fingerprint density at radius 2 is 1.53 bits per heavy atom. The van der Waals surface area contributed by atoms with Crippen molar-refractivity contribution in [2.75, 3.05) is 38.2 Å². The van der Waals surface area contributed by atoms with Crippen molar-refractivity contribution in [3.05, 3.63) is 65.2 Å². The summed E-state index contributed by atoms with van der Waals surface area (Å²) in [4.78, 5) is 2.29. The summed E-state index contributed by atoms with van der Waals surface area (Å²) >= 11 is 0. The van der Waals surface area contributed by atoms with E-state index in [2.05, 4.69) is 28.1 Å². The molecule has 7 nitrogen and oxygen atoms in total. The maximum atomic E-state index is 13.3. The summed E-state index contributed by atoms with van der Waals surface area (Å²) in [5.74, 6) is 1.14. The summed E-state index contributed by atoms with van der Waals surface area (Å²) in [5, 5.41) is 8.80. The molecule has 0 saturated carbocycles. The van der Waals surface area contributed by atoms with Gasteiger partial charge in [0.2, 0.25) is 10.0 Å². The standard InChI is InChI=1S/C24H28N4O3S/c1-17-7-5-6-8-20(17)21-9-10-24(26-25-21)27-11-13-28(14-12-27)32(29,30)23-16-19(3)18(2)15-22(23)31-4/h5-10,15-16H,11-14H2,1-4H3. The zero-order chi connectivity index (χ0) is 22.9. The van der Waals surface area contributed by atoms with Crippen LogP contribution in [0.5, 0.6) is 5.75 Å². The van der Waals surface area contributed by atoms with Crippen LogP contribution < -0.4 is 9.64 Å². The Morgan fingerprint density at radius 3 is 2.16 bits per heavy atom. The van der Waals surface area contributed by atoms with Crippen LogP contribution in [0.4, 0.5) is 5.82 Å². The summed E-state index contributed by atoms with van der Waals surface area (Å²) in [6.07, 6.45) is 0. The van der Waals surface area contributed by atoms with Crippen LogP contribution in [0.3, 0.4) is 0 Å². The second kappa shape index (κ2) is 8.88. The van der Waals surface area contributed by atoms with E-state index in [1.165, 1.54) is 11.4 Å². The molecule has 32 heavy (non-hydrogen) atoms. The Morgan fingerprint density at radius 1 is 0.844 bits per heavy atom. The van der Waals surface area contributed by atoms with Gasteiger partial charge in [-0.2, -0.15) is 4.31 Å². The Kier molecular flexibility index (Phi) is 6.17. The number of nitrogens with zero attached hydrogens (tertiary/aromatic N) is 4. The van der Waals surface area contributed by atoms with Crippen molar-refractivity contribution in [2.45, 2.75) is 25.7 Å². The van der Waals surface area contributed by atoms with Gasteiger partial charge in [-0.05, 0) is 61.7 Å². The van der Waals surface area contributed by atoms with Crippen LogP contribution in [0.25, 0.3) is 11.3 Å². The highest BCUT2D eigenvalue weighted by atomic mass is 32.2. The van der Waals surface area contributed by atoms with E-state index >= 15 is 0 Å². The van der Waals surface area contributed by atoms with Gasteiger partial charge in [-0.1, -0.05) is 24.3 Å². The average molecular weight is 453 g/mol. The minimum Gasteiger partial charge on any atom is -0.495 e. The highest BCUT2D eigenvalue weighted by molar-refractivity contribution is 7.89.